The third kappa shape index (κ3) is 3.45. The molecule has 0 saturated carbocycles. The Hall–Kier alpha value is -2.92. The Morgan fingerprint density at radius 2 is 1.82 bits per heavy atom. The first-order valence-electron chi connectivity index (χ1n) is 7.74. The first-order chi connectivity index (χ1) is 12.9. The van der Waals surface area contributed by atoms with Crippen LogP contribution in [-0.2, 0) is 5.33 Å². The van der Waals surface area contributed by atoms with Gasteiger partial charge in [-0.05, 0) is 36.4 Å². The van der Waals surface area contributed by atoms with Crippen molar-refractivity contribution in [3.63, 3.8) is 0 Å². The predicted octanol–water partition coefficient (Wildman–Crippen LogP) is 3.07. The van der Waals surface area contributed by atoms with Gasteiger partial charge in [0.2, 0.25) is 0 Å². The third-order valence-corrected chi connectivity index (χ3v) is 4.47. The molecule has 4 aromatic rings. The number of aromatic amines is 1. The van der Waals surface area contributed by atoms with Crippen molar-refractivity contribution in [3.05, 3.63) is 64.6 Å². The highest BCUT2D eigenvalue weighted by atomic mass is 79.9. The fourth-order valence-corrected chi connectivity index (χ4v) is 3.23. The molecule has 0 aliphatic carbocycles. The fraction of sp³-hybridized carbons (Fsp3) is 0.118. The molecule has 0 spiro atoms. The Labute approximate surface area is 163 Å². The number of alkyl halides is 4. The topological polar surface area (TPSA) is 94.0 Å². The van der Waals surface area contributed by atoms with E-state index in [-0.39, 0.29) is 16.8 Å². The van der Waals surface area contributed by atoms with Crippen LogP contribution in [0, 0.1) is 0 Å². The maximum atomic E-state index is 12.9. The van der Waals surface area contributed by atoms with Crippen LogP contribution in [0.1, 0.15) is 5.69 Å². The van der Waals surface area contributed by atoms with Crippen LogP contribution in [0.25, 0.3) is 22.2 Å². The molecule has 0 bridgehead atoms. The molecule has 2 aromatic heterocycles. The van der Waals surface area contributed by atoms with E-state index >= 15 is 0 Å². The van der Waals surface area contributed by atoms with E-state index in [1.165, 1.54) is 16.8 Å². The maximum absolute atomic E-state index is 12.9. The fourth-order valence-electron chi connectivity index (χ4n) is 2.83. The van der Waals surface area contributed by atoms with Crippen molar-refractivity contribution >= 4 is 32.5 Å². The van der Waals surface area contributed by atoms with Crippen LogP contribution in [0.2, 0.25) is 0 Å². The number of nitrogens with zero attached hydrogens (tertiary/aromatic N) is 3. The number of ether oxygens (including phenoxy) is 1. The minimum Gasteiger partial charge on any atom is -0.870 e. The summed E-state index contributed by atoms with van der Waals surface area (Å²) in [5.74, 6) is -0.365. The van der Waals surface area contributed by atoms with Gasteiger partial charge in [-0.15, -0.1) is 17.7 Å². The molecular weight excluding hydrogens is 445 g/mol. The van der Waals surface area contributed by atoms with E-state index in [1.807, 2.05) is 24.3 Å². The van der Waals surface area contributed by atoms with E-state index in [1.54, 1.807) is 4.52 Å². The van der Waals surface area contributed by atoms with E-state index in [2.05, 4.69) is 30.9 Å². The third-order valence-electron chi connectivity index (χ3n) is 3.94. The highest BCUT2D eigenvalue weighted by Crippen LogP contribution is 2.23. The Bertz CT molecular complexity index is 1200. The van der Waals surface area contributed by atoms with E-state index in [0.29, 0.717) is 33.3 Å². The second kappa shape index (κ2) is 7.24. The summed E-state index contributed by atoms with van der Waals surface area (Å²) in [6, 6.07) is 12.3. The summed E-state index contributed by atoms with van der Waals surface area (Å²) in [4.78, 5) is 17.4. The molecule has 11 heteroatoms. The highest BCUT2D eigenvalue weighted by Gasteiger charge is 2.31. The van der Waals surface area contributed by atoms with Crippen LogP contribution in [0.4, 0.5) is 13.2 Å². The Morgan fingerprint density at radius 3 is 2.46 bits per heavy atom. The lowest BCUT2D eigenvalue weighted by Crippen LogP contribution is -2.28. The maximum Gasteiger partial charge on any atom is 0.573 e. The second-order valence-corrected chi connectivity index (χ2v) is 6.21. The van der Waals surface area contributed by atoms with Gasteiger partial charge in [0, 0.05) is 0 Å². The Morgan fingerprint density at radius 1 is 1.14 bits per heavy atom. The first kappa shape index (κ1) is 19.8. The molecule has 4 rings (SSSR count). The zero-order chi connectivity index (χ0) is 19.2. The number of hydrogen-bond acceptors (Lipinski definition) is 4. The van der Waals surface area contributed by atoms with Gasteiger partial charge in [-0.3, -0.25) is 0 Å². The van der Waals surface area contributed by atoms with E-state index in [0.717, 1.165) is 12.1 Å². The molecule has 0 fully saturated rings. The summed E-state index contributed by atoms with van der Waals surface area (Å²) in [6.07, 6.45) is -4.77. The van der Waals surface area contributed by atoms with Crippen LogP contribution in [0.15, 0.2) is 53.3 Å². The summed E-state index contributed by atoms with van der Waals surface area (Å²) < 4.78 is 43.6. The number of benzene rings is 2. The van der Waals surface area contributed by atoms with Gasteiger partial charge in [-0.2, -0.15) is 0 Å². The number of rotatable bonds is 3. The molecular formula is C17H12BrF3N4O3. The van der Waals surface area contributed by atoms with E-state index < -0.39 is 6.36 Å². The van der Waals surface area contributed by atoms with Crippen LogP contribution in [0.5, 0.6) is 5.75 Å². The standard InChI is InChI=1S/C17H10BrF3N4O2.H2O/c18-9-13-15-16(26)24(10-5-7-11(8-6-10)27-17(19,20)21)23-25(15)14-4-2-1-3-12(14)22-13;/h1-8H,9H2;1H2. The van der Waals surface area contributed by atoms with Crippen molar-refractivity contribution in [1.82, 2.24) is 14.9 Å². The highest BCUT2D eigenvalue weighted by molar-refractivity contribution is 9.08. The van der Waals surface area contributed by atoms with Gasteiger partial charge in [0.05, 0.1) is 5.33 Å². The molecule has 0 saturated heterocycles. The molecule has 0 unspecified atom stereocenters. The molecule has 2 aromatic carbocycles. The number of halogens is 4. The lowest BCUT2D eigenvalue weighted by Gasteiger charge is -2.08. The number of aromatic nitrogens is 4. The molecule has 0 radical (unpaired) electrons. The zero-order valence-electron chi connectivity index (χ0n) is 13.9. The van der Waals surface area contributed by atoms with E-state index in [4.69, 9.17) is 0 Å². The lowest BCUT2D eigenvalue weighted by atomic mass is 10.2. The number of para-hydroxylation sites is 2. The molecule has 7 nitrogen and oxygen atoms in total. The van der Waals surface area contributed by atoms with Crippen molar-refractivity contribution in [2.24, 2.45) is 0 Å². The average Bonchev–Trinajstić information content (AvgIpc) is 2.98. The second-order valence-electron chi connectivity index (χ2n) is 5.65. The smallest absolute Gasteiger partial charge is 0.573 e. The number of H-pyrrole nitrogens is 1. The van der Waals surface area contributed by atoms with Gasteiger partial charge in [0.25, 0.3) is 5.52 Å². The Kier molecular flexibility index (Phi) is 5.13. The van der Waals surface area contributed by atoms with Gasteiger partial charge in [0.15, 0.2) is 11.2 Å². The van der Waals surface area contributed by atoms with Crippen molar-refractivity contribution in [2.45, 2.75) is 11.7 Å². The normalized spacial score (nSPS) is 11.6. The molecule has 0 amide bonds. The minimum atomic E-state index is -4.77. The molecule has 0 aliphatic heterocycles. The van der Waals surface area contributed by atoms with Gasteiger partial charge < -0.3 is 10.2 Å². The van der Waals surface area contributed by atoms with Crippen LogP contribution < -0.4 is 14.8 Å². The largest absolute Gasteiger partial charge is 0.870 e. The SMILES string of the molecule is O=c1c2c(CBr)nc3ccccc3[n+]2[nH]n1-c1ccc(OC(F)(F)F)cc1.[OH-]. The van der Waals surface area contributed by atoms with Gasteiger partial charge in [0.1, 0.15) is 17.0 Å². The quantitative estimate of drug-likeness (QED) is 0.378. The van der Waals surface area contributed by atoms with Crippen molar-refractivity contribution in [1.29, 1.82) is 0 Å². The summed E-state index contributed by atoms with van der Waals surface area (Å²) in [7, 11) is 0. The summed E-state index contributed by atoms with van der Waals surface area (Å²) >= 11 is 3.34. The van der Waals surface area contributed by atoms with Crippen LogP contribution >= 0.6 is 15.9 Å². The van der Waals surface area contributed by atoms with Gasteiger partial charge in [-0.1, -0.05) is 38.0 Å². The average molecular weight is 457 g/mol. The van der Waals surface area contributed by atoms with Crippen LogP contribution in [-0.4, -0.2) is 26.7 Å². The van der Waals surface area contributed by atoms with Crippen molar-refractivity contribution < 1.29 is 27.9 Å². The van der Waals surface area contributed by atoms with Gasteiger partial charge >= 0.3 is 11.9 Å². The van der Waals surface area contributed by atoms with Crippen LogP contribution in [0.3, 0.4) is 0 Å². The monoisotopic (exact) mass is 456 g/mol. The van der Waals surface area contributed by atoms with Gasteiger partial charge in [-0.25, -0.2) is 9.78 Å². The predicted molar refractivity (Wildman–Crippen MR) is 96.1 cm³/mol. The zero-order valence-corrected chi connectivity index (χ0v) is 15.5. The number of nitrogens with one attached hydrogen (secondary N) is 1. The van der Waals surface area contributed by atoms with Crippen molar-refractivity contribution in [2.75, 3.05) is 0 Å². The molecule has 2 heterocycles. The number of fused-ring (bicyclic) bond motifs is 3. The molecule has 2 N–H and O–H groups in total. The van der Waals surface area contributed by atoms with E-state index in [9.17, 15) is 18.0 Å². The molecule has 0 aliphatic rings. The molecule has 146 valence electrons. The first-order valence-corrected chi connectivity index (χ1v) is 8.86. The summed E-state index contributed by atoms with van der Waals surface area (Å²) in [5, 5.41) is 3.33. The Balaban J connectivity index is 0.00000225. The minimum absolute atomic E-state index is 0. The van der Waals surface area contributed by atoms with Crippen molar-refractivity contribution in [3.8, 4) is 11.4 Å². The molecule has 0 atom stereocenters. The lowest BCUT2D eigenvalue weighted by molar-refractivity contribution is -0.556. The summed E-state index contributed by atoms with van der Waals surface area (Å²) in [6.45, 7) is 0. The molecule has 28 heavy (non-hydrogen) atoms. The number of hydrogen-bond donors (Lipinski definition) is 1. The summed E-state index contributed by atoms with van der Waals surface area (Å²) in [5.41, 5.74) is 2.29.